The molecule has 5 nitrogen and oxygen atoms in total. The molecular formula is C15H20N4OS. The molecule has 1 atom stereocenters. The van der Waals surface area contributed by atoms with Gasteiger partial charge in [0.25, 0.3) is 0 Å². The van der Waals surface area contributed by atoms with Crippen LogP contribution in [0.3, 0.4) is 0 Å². The standard InChI is InChI=1S/C15H20N4OS/c1-11(2)13-5-3-12(4-6-13)9-21(20)10-15-16-17-18-19(15)14-7-8-14/h3-6,11,14H,7-10H2,1-2H3/t21-/m1/s1. The van der Waals surface area contributed by atoms with Crippen LogP contribution in [0, 0.1) is 0 Å². The lowest BCUT2D eigenvalue weighted by molar-refractivity contribution is 0.591. The van der Waals surface area contributed by atoms with E-state index in [0.717, 1.165) is 24.2 Å². The molecule has 0 spiro atoms. The average Bonchev–Trinajstić information content (AvgIpc) is 3.20. The van der Waals surface area contributed by atoms with Crippen LogP contribution in [0.15, 0.2) is 24.3 Å². The molecule has 0 bridgehead atoms. The summed E-state index contributed by atoms with van der Waals surface area (Å²) in [6.07, 6.45) is 2.25. The summed E-state index contributed by atoms with van der Waals surface area (Å²) < 4.78 is 14.1. The summed E-state index contributed by atoms with van der Waals surface area (Å²) in [7, 11) is -0.980. The molecule has 1 saturated carbocycles. The number of hydrogen-bond donors (Lipinski definition) is 0. The summed E-state index contributed by atoms with van der Waals surface area (Å²) in [4.78, 5) is 0. The van der Waals surface area contributed by atoms with Gasteiger partial charge in [0, 0.05) is 16.6 Å². The van der Waals surface area contributed by atoms with E-state index in [1.165, 1.54) is 5.56 Å². The molecule has 0 saturated heterocycles. The first-order valence-corrected chi connectivity index (χ1v) is 8.83. The van der Waals surface area contributed by atoms with E-state index in [2.05, 4.69) is 53.6 Å². The fourth-order valence-corrected chi connectivity index (χ4v) is 3.43. The summed E-state index contributed by atoms with van der Waals surface area (Å²) in [6, 6.07) is 8.79. The lowest BCUT2D eigenvalue weighted by atomic mass is 10.0. The largest absolute Gasteiger partial charge is 0.259 e. The Balaban J connectivity index is 1.62. The van der Waals surface area contributed by atoms with Gasteiger partial charge in [0.1, 0.15) is 0 Å². The van der Waals surface area contributed by atoms with E-state index >= 15 is 0 Å². The SMILES string of the molecule is CC(C)c1ccc(C[S@@](=O)Cc2nnnn2C2CC2)cc1. The van der Waals surface area contributed by atoms with Crippen LogP contribution in [-0.2, 0) is 22.3 Å². The van der Waals surface area contributed by atoms with Gasteiger partial charge in [0.2, 0.25) is 0 Å². The monoisotopic (exact) mass is 304 g/mol. The predicted molar refractivity (Wildman–Crippen MR) is 82.2 cm³/mol. The maximum absolute atomic E-state index is 12.3. The summed E-state index contributed by atoms with van der Waals surface area (Å²) >= 11 is 0. The minimum Gasteiger partial charge on any atom is -0.259 e. The molecule has 1 aliphatic rings. The first-order chi connectivity index (χ1) is 10.1. The van der Waals surface area contributed by atoms with Crippen molar-refractivity contribution >= 4 is 10.8 Å². The Morgan fingerprint density at radius 3 is 2.57 bits per heavy atom. The lowest BCUT2D eigenvalue weighted by Gasteiger charge is -2.07. The Kier molecular flexibility index (Phi) is 4.14. The Morgan fingerprint density at radius 2 is 1.95 bits per heavy atom. The van der Waals surface area contributed by atoms with Crippen LogP contribution in [-0.4, -0.2) is 24.4 Å². The van der Waals surface area contributed by atoms with Gasteiger partial charge in [-0.1, -0.05) is 38.1 Å². The van der Waals surface area contributed by atoms with Crippen molar-refractivity contribution in [2.45, 2.75) is 50.2 Å². The van der Waals surface area contributed by atoms with Gasteiger partial charge in [-0.15, -0.1) is 5.10 Å². The predicted octanol–water partition coefficient (Wildman–Crippen LogP) is 2.58. The van der Waals surface area contributed by atoms with Gasteiger partial charge in [-0.25, -0.2) is 4.68 Å². The molecule has 0 unspecified atom stereocenters. The van der Waals surface area contributed by atoms with E-state index in [1.54, 1.807) is 0 Å². The number of tetrazole rings is 1. The van der Waals surface area contributed by atoms with E-state index in [0.29, 0.717) is 23.5 Å². The highest BCUT2D eigenvalue weighted by molar-refractivity contribution is 7.83. The molecule has 1 aromatic carbocycles. The highest BCUT2D eigenvalue weighted by Gasteiger charge is 2.28. The molecule has 1 aromatic heterocycles. The third kappa shape index (κ3) is 3.56. The van der Waals surface area contributed by atoms with Crippen molar-refractivity contribution in [2.75, 3.05) is 0 Å². The zero-order valence-corrected chi connectivity index (χ0v) is 13.2. The van der Waals surface area contributed by atoms with E-state index in [9.17, 15) is 4.21 Å². The van der Waals surface area contributed by atoms with Crippen molar-refractivity contribution in [3.05, 3.63) is 41.2 Å². The third-order valence-corrected chi connectivity index (χ3v) is 4.95. The summed E-state index contributed by atoms with van der Waals surface area (Å²) in [5.41, 5.74) is 2.41. The van der Waals surface area contributed by atoms with Gasteiger partial charge in [-0.2, -0.15) is 0 Å². The zero-order valence-electron chi connectivity index (χ0n) is 12.4. The van der Waals surface area contributed by atoms with Crippen LogP contribution < -0.4 is 0 Å². The van der Waals surface area contributed by atoms with E-state index in [4.69, 9.17) is 0 Å². The first kappa shape index (κ1) is 14.4. The van der Waals surface area contributed by atoms with Gasteiger partial charge in [0.05, 0.1) is 11.8 Å². The summed E-state index contributed by atoms with van der Waals surface area (Å²) in [6.45, 7) is 4.34. The molecule has 6 heteroatoms. The highest BCUT2D eigenvalue weighted by Crippen LogP contribution is 2.34. The minimum atomic E-state index is -0.980. The number of aromatic nitrogens is 4. The van der Waals surface area contributed by atoms with Gasteiger partial charge >= 0.3 is 0 Å². The van der Waals surface area contributed by atoms with Crippen LogP contribution in [0.4, 0.5) is 0 Å². The van der Waals surface area contributed by atoms with Crippen molar-refractivity contribution in [1.29, 1.82) is 0 Å². The lowest BCUT2D eigenvalue weighted by Crippen LogP contribution is -2.08. The van der Waals surface area contributed by atoms with Gasteiger partial charge < -0.3 is 0 Å². The maximum atomic E-state index is 12.3. The second kappa shape index (κ2) is 6.05. The van der Waals surface area contributed by atoms with Crippen molar-refractivity contribution in [3.63, 3.8) is 0 Å². The smallest absolute Gasteiger partial charge is 0.164 e. The molecule has 0 aliphatic heterocycles. The normalized spacial score (nSPS) is 16.3. The molecular weight excluding hydrogens is 284 g/mol. The molecule has 2 aromatic rings. The molecule has 3 rings (SSSR count). The van der Waals surface area contributed by atoms with Gasteiger partial charge in [0.15, 0.2) is 5.82 Å². The Bertz CT molecular complexity index is 631. The molecule has 0 N–H and O–H groups in total. The second-order valence-electron chi connectivity index (χ2n) is 5.90. The summed E-state index contributed by atoms with van der Waals surface area (Å²) in [5, 5.41) is 11.7. The maximum Gasteiger partial charge on any atom is 0.164 e. The topological polar surface area (TPSA) is 60.7 Å². The van der Waals surface area contributed by atoms with Crippen LogP contribution in [0.2, 0.25) is 0 Å². The highest BCUT2D eigenvalue weighted by atomic mass is 32.2. The Labute approximate surface area is 127 Å². The van der Waals surface area contributed by atoms with E-state index < -0.39 is 10.8 Å². The zero-order chi connectivity index (χ0) is 14.8. The molecule has 0 amide bonds. The molecule has 1 heterocycles. The van der Waals surface area contributed by atoms with Crippen LogP contribution in [0.5, 0.6) is 0 Å². The first-order valence-electron chi connectivity index (χ1n) is 7.34. The molecule has 1 aliphatic carbocycles. The van der Waals surface area contributed by atoms with Crippen molar-refractivity contribution in [2.24, 2.45) is 0 Å². The van der Waals surface area contributed by atoms with Gasteiger partial charge in [-0.05, 0) is 40.3 Å². The van der Waals surface area contributed by atoms with Crippen molar-refractivity contribution < 1.29 is 4.21 Å². The second-order valence-corrected chi connectivity index (χ2v) is 7.35. The Morgan fingerprint density at radius 1 is 1.24 bits per heavy atom. The fourth-order valence-electron chi connectivity index (χ4n) is 2.29. The van der Waals surface area contributed by atoms with E-state index in [1.807, 2.05) is 4.68 Å². The third-order valence-electron chi connectivity index (χ3n) is 3.72. The number of hydrogen-bond acceptors (Lipinski definition) is 4. The summed E-state index contributed by atoms with van der Waals surface area (Å²) in [5.74, 6) is 2.24. The average molecular weight is 304 g/mol. The molecule has 0 radical (unpaired) electrons. The fraction of sp³-hybridized carbons (Fsp3) is 0.533. The number of benzene rings is 1. The molecule has 112 valence electrons. The number of nitrogens with zero attached hydrogens (tertiary/aromatic N) is 4. The number of rotatable bonds is 6. The quantitative estimate of drug-likeness (QED) is 0.823. The van der Waals surface area contributed by atoms with Crippen LogP contribution in [0.25, 0.3) is 0 Å². The van der Waals surface area contributed by atoms with E-state index in [-0.39, 0.29) is 0 Å². The van der Waals surface area contributed by atoms with Gasteiger partial charge in [-0.3, -0.25) is 4.21 Å². The van der Waals surface area contributed by atoms with Crippen molar-refractivity contribution in [3.8, 4) is 0 Å². The molecule has 21 heavy (non-hydrogen) atoms. The van der Waals surface area contributed by atoms with Crippen LogP contribution in [0.1, 0.15) is 55.6 Å². The Hall–Kier alpha value is -1.56. The minimum absolute atomic E-state index is 0.426. The van der Waals surface area contributed by atoms with Crippen molar-refractivity contribution in [1.82, 2.24) is 20.2 Å². The van der Waals surface area contributed by atoms with Crippen LogP contribution >= 0.6 is 0 Å². The molecule has 1 fully saturated rings.